The third-order valence-electron chi connectivity index (χ3n) is 5.19. The predicted molar refractivity (Wildman–Crippen MR) is 107 cm³/mol. The van der Waals surface area contributed by atoms with Crippen molar-refractivity contribution in [3.8, 4) is 22.8 Å². The molecule has 0 fully saturated rings. The van der Waals surface area contributed by atoms with E-state index in [2.05, 4.69) is 36.4 Å². The van der Waals surface area contributed by atoms with E-state index in [4.69, 9.17) is 4.98 Å². The van der Waals surface area contributed by atoms with E-state index in [0.717, 1.165) is 36.0 Å². The topological polar surface area (TPSA) is 53.4 Å². The molecule has 1 aliphatic rings. The molecular weight excluding hydrogens is 346 g/mol. The van der Waals surface area contributed by atoms with E-state index in [0.29, 0.717) is 0 Å². The van der Waals surface area contributed by atoms with Crippen LogP contribution in [-0.4, -0.2) is 15.2 Å². The van der Waals surface area contributed by atoms with Gasteiger partial charge in [0.15, 0.2) is 11.5 Å². The van der Waals surface area contributed by atoms with Crippen LogP contribution in [-0.2, 0) is 12.8 Å². The Bertz CT molecular complexity index is 1150. The summed E-state index contributed by atoms with van der Waals surface area (Å²) < 4.78 is 0. The first kappa shape index (κ1) is 16.7. The highest BCUT2D eigenvalue weighted by molar-refractivity contribution is 6.09. The zero-order valence-electron chi connectivity index (χ0n) is 14.1. The first-order valence-electron chi connectivity index (χ1n) is 8.58. The molecule has 0 spiro atoms. The van der Waals surface area contributed by atoms with Crippen molar-refractivity contribution in [2.24, 2.45) is 0 Å². The highest BCUT2D eigenvalue weighted by atomic mass is 35.5. The maximum absolute atomic E-state index is 9.89. The van der Waals surface area contributed by atoms with Crippen molar-refractivity contribution in [2.45, 2.75) is 19.3 Å². The number of aromatic hydroxyl groups is 2. The second-order valence-corrected chi connectivity index (χ2v) is 6.66. The normalized spacial score (nSPS) is 12.9. The molecule has 1 heterocycles. The third kappa shape index (κ3) is 2.39. The average Bonchev–Trinajstić information content (AvgIpc) is 3.12. The van der Waals surface area contributed by atoms with E-state index in [-0.39, 0.29) is 23.9 Å². The lowest BCUT2D eigenvalue weighted by Crippen LogP contribution is -1.96. The van der Waals surface area contributed by atoms with E-state index in [9.17, 15) is 10.2 Å². The summed E-state index contributed by atoms with van der Waals surface area (Å²) in [5.41, 5.74) is 5.41. The Morgan fingerprint density at radius 3 is 2.46 bits per heavy atom. The SMILES string of the molecule is Cl.Oc1ccc(-c2nc3ccc4ccccc4c3c3c2CCC3)cc1O. The van der Waals surface area contributed by atoms with Crippen molar-refractivity contribution in [2.75, 3.05) is 0 Å². The number of hydrogen-bond acceptors (Lipinski definition) is 3. The lowest BCUT2D eigenvalue weighted by Gasteiger charge is -2.14. The van der Waals surface area contributed by atoms with Crippen LogP contribution in [0.2, 0.25) is 0 Å². The highest BCUT2D eigenvalue weighted by Gasteiger charge is 2.22. The summed E-state index contributed by atoms with van der Waals surface area (Å²) >= 11 is 0. The summed E-state index contributed by atoms with van der Waals surface area (Å²) in [6.45, 7) is 0. The van der Waals surface area contributed by atoms with Crippen LogP contribution >= 0.6 is 12.4 Å². The van der Waals surface area contributed by atoms with E-state index >= 15 is 0 Å². The fourth-order valence-electron chi connectivity index (χ4n) is 4.05. The fraction of sp³-hybridized carbons (Fsp3) is 0.136. The Kier molecular flexibility index (Phi) is 3.97. The Hall–Kier alpha value is -2.78. The van der Waals surface area contributed by atoms with Crippen molar-refractivity contribution in [3.05, 3.63) is 65.7 Å². The van der Waals surface area contributed by atoms with Crippen molar-refractivity contribution in [3.63, 3.8) is 0 Å². The van der Waals surface area contributed by atoms with Crippen molar-refractivity contribution in [1.82, 2.24) is 4.98 Å². The van der Waals surface area contributed by atoms with Gasteiger partial charge in [0.1, 0.15) is 0 Å². The van der Waals surface area contributed by atoms with Gasteiger partial charge in [-0.1, -0.05) is 30.3 Å². The molecule has 130 valence electrons. The van der Waals surface area contributed by atoms with Gasteiger partial charge in [-0.15, -0.1) is 12.4 Å². The maximum Gasteiger partial charge on any atom is 0.158 e. The minimum absolute atomic E-state index is 0. The number of hydrogen-bond donors (Lipinski definition) is 2. The quantitative estimate of drug-likeness (QED) is 0.353. The average molecular weight is 364 g/mol. The Morgan fingerprint density at radius 2 is 1.62 bits per heavy atom. The molecule has 0 saturated heterocycles. The van der Waals surface area contributed by atoms with E-state index in [1.54, 1.807) is 6.07 Å². The van der Waals surface area contributed by atoms with Gasteiger partial charge in [-0.25, -0.2) is 4.98 Å². The molecule has 2 N–H and O–H groups in total. The van der Waals surface area contributed by atoms with Gasteiger partial charge >= 0.3 is 0 Å². The molecule has 4 heteroatoms. The van der Waals surface area contributed by atoms with Gasteiger partial charge < -0.3 is 10.2 Å². The number of phenolic OH excluding ortho intramolecular Hbond substituents is 2. The van der Waals surface area contributed by atoms with E-state index < -0.39 is 0 Å². The zero-order chi connectivity index (χ0) is 17.0. The molecule has 5 rings (SSSR count). The highest BCUT2D eigenvalue weighted by Crippen LogP contribution is 2.40. The third-order valence-corrected chi connectivity index (χ3v) is 5.19. The number of halogens is 1. The Labute approximate surface area is 157 Å². The molecule has 26 heavy (non-hydrogen) atoms. The van der Waals surface area contributed by atoms with Gasteiger partial charge in [-0.05, 0) is 65.4 Å². The molecule has 1 aliphatic carbocycles. The van der Waals surface area contributed by atoms with Gasteiger partial charge in [0.2, 0.25) is 0 Å². The molecule has 4 aromatic rings. The van der Waals surface area contributed by atoms with Crippen LogP contribution in [0.3, 0.4) is 0 Å². The van der Waals surface area contributed by atoms with Gasteiger partial charge in [-0.2, -0.15) is 0 Å². The molecule has 0 amide bonds. The van der Waals surface area contributed by atoms with Gasteiger partial charge in [-0.3, -0.25) is 0 Å². The minimum Gasteiger partial charge on any atom is -0.504 e. The molecule has 3 aromatic carbocycles. The van der Waals surface area contributed by atoms with Crippen LogP contribution in [0.1, 0.15) is 17.5 Å². The number of pyridine rings is 1. The van der Waals surface area contributed by atoms with Crippen LogP contribution in [0.15, 0.2) is 54.6 Å². The second kappa shape index (κ2) is 6.19. The summed E-state index contributed by atoms with van der Waals surface area (Å²) in [6, 6.07) is 17.6. The number of fused-ring (bicyclic) bond motifs is 5. The van der Waals surface area contributed by atoms with Crippen molar-refractivity contribution >= 4 is 34.1 Å². The molecular formula is C22H18ClNO2. The van der Waals surface area contributed by atoms with Crippen molar-refractivity contribution in [1.29, 1.82) is 0 Å². The monoisotopic (exact) mass is 363 g/mol. The second-order valence-electron chi connectivity index (χ2n) is 6.66. The van der Waals surface area contributed by atoms with Crippen LogP contribution in [0.4, 0.5) is 0 Å². The summed E-state index contributed by atoms with van der Waals surface area (Å²) in [7, 11) is 0. The largest absolute Gasteiger partial charge is 0.504 e. The minimum atomic E-state index is -0.107. The summed E-state index contributed by atoms with van der Waals surface area (Å²) in [5, 5.41) is 23.2. The molecule has 0 bridgehead atoms. The first-order chi connectivity index (χ1) is 12.2. The number of phenols is 2. The molecule has 0 radical (unpaired) electrons. The van der Waals surface area contributed by atoms with Crippen LogP contribution in [0.25, 0.3) is 32.9 Å². The van der Waals surface area contributed by atoms with Crippen LogP contribution in [0.5, 0.6) is 11.5 Å². The number of nitrogens with zero attached hydrogens (tertiary/aromatic N) is 1. The smallest absolute Gasteiger partial charge is 0.158 e. The maximum atomic E-state index is 9.89. The Morgan fingerprint density at radius 1 is 0.808 bits per heavy atom. The van der Waals surface area contributed by atoms with Crippen molar-refractivity contribution < 1.29 is 10.2 Å². The van der Waals surface area contributed by atoms with Crippen LogP contribution < -0.4 is 0 Å². The summed E-state index contributed by atoms with van der Waals surface area (Å²) in [5.74, 6) is -0.211. The summed E-state index contributed by atoms with van der Waals surface area (Å²) in [6.07, 6.45) is 3.17. The molecule has 0 aliphatic heterocycles. The standard InChI is InChI=1S/C22H17NO2.ClH/c24-19-11-9-14(12-20(19)25)22-17-7-3-6-16(17)21-15-5-2-1-4-13(15)8-10-18(21)23-22;/h1-2,4-5,8-12,24-25H,3,6-7H2;1H. The molecule has 1 aromatic heterocycles. The fourth-order valence-corrected chi connectivity index (χ4v) is 4.05. The zero-order valence-corrected chi connectivity index (χ0v) is 14.9. The summed E-state index contributed by atoms with van der Waals surface area (Å²) in [4.78, 5) is 4.95. The number of aromatic nitrogens is 1. The molecule has 3 nitrogen and oxygen atoms in total. The number of rotatable bonds is 1. The van der Waals surface area contributed by atoms with E-state index in [1.807, 2.05) is 6.07 Å². The van der Waals surface area contributed by atoms with E-state index in [1.165, 1.54) is 33.4 Å². The molecule has 0 saturated carbocycles. The molecule has 0 atom stereocenters. The van der Waals surface area contributed by atoms with Crippen LogP contribution in [0, 0.1) is 0 Å². The van der Waals surface area contributed by atoms with Gasteiger partial charge in [0.05, 0.1) is 11.2 Å². The number of aryl methyl sites for hydroxylation is 1. The van der Waals surface area contributed by atoms with Gasteiger partial charge in [0.25, 0.3) is 0 Å². The van der Waals surface area contributed by atoms with Gasteiger partial charge in [0, 0.05) is 10.9 Å². The molecule has 0 unspecified atom stereocenters. The predicted octanol–water partition coefficient (Wildman–Crippen LogP) is 5.38. The lowest BCUT2D eigenvalue weighted by molar-refractivity contribution is 0.404. The Balaban J connectivity index is 0.00000168. The number of benzene rings is 3. The lowest BCUT2D eigenvalue weighted by atomic mass is 9.95. The first-order valence-corrected chi connectivity index (χ1v) is 8.58.